The Morgan fingerprint density at radius 1 is 1.21 bits per heavy atom. The number of hydrogen-bond donors (Lipinski definition) is 2. The molecule has 6 nitrogen and oxygen atoms in total. The number of anilines is 2. The van der Waals surface area contributed by atoms with Gasteiger partial charge in [-0.2, -0.15) is 0 Å². The van der Waals surface area contributed by atoms with Crippen LogP contribution in [0, 0.1) is 0 Å². The first-order valence-electron chi connectivity index (χ1n) is 9.58. The van der Waals surface area contributed by atoms with E-state index in [1.165, 1.54) is 9.60 Å². The summed E-state index contributed by atoms with van der Waals surface area (Å²) >= 11 is 1.73. The summed E-state index contributed by atoms with van der Waals surface area (Å²) in [7, 11) is 0. The normalized spacial score (nSPS) is 21.6. The molecule has 142 valence electrons. The summed E-state index contributed by atoms with van der Waals surface area (Å²) in [6, 6.07) is 15.9. The molecule has 1 fully saturated rings. The third-order valence-corrected chi connectivity index (χ3v) is 6.69. The summed E-state index contributed by atoms with van der Waals surface area (Å²) in [5.74, 6) is -0.156. The largest absolute Gasteiger partial charge is 0.323 e. The summed E-state index contributed by atoms with van der Waals surface area (Å²) in [6.45, 7) is 1.41. The van der Waals surface area contributed by atoms with E-state index in [2.05, 4.69) is 11.4 Å². The molecule has 2 amide bonds. The molecule has 0 spiro atoms. The molecule has 3 aromatic rings. The van der Waals surface area contributed by atoms with E-state index in [4.69, 9.17) is 4.98 Å². The molecule has 5 rings (SSSR count). The van der Waals surface area contributed by atoms with Gasteiger partial charge < -0.3 is 10.2 Å². The second kappa shape index (κ2) is 7.00. The van der Waals surface area contributed by atoms with Gasteiger partial charge in [0.05, 0.1) is 28.1 Å². The van der Waals surface area contributed by atoms with Gasteiger partial charge in [-0.25, -0.2) is 4.98 Å². The van der Waals surface area contributed by atoms with Gasteiger partial charge in [0.25, 0.3) is 5.91 Å². The minimum absolute atomic E-state index is 0.00897. The molecule has 1 unspecified atom stereocenters. The zero-order valence-corrected chi connectivity index (χ0v) is 16.2. The number of amides is 2. The number of rotatable bonds is 3. The Bertz CT molecular complexity index is 1030. The minimum atomic E-state index is -0.147. The molecule has 1 saturated heterocycles. The summed E-state index contributed by atoms with van der Waals surface area (Å²) in [4.78, 5) is 32.8. The number of carbonyl (C=O) groups is 2. The van der Waals surface area contributed by atoms with Crippen molar-refractivity contribution in [2.75, 3.05) is 29.9 Å². The van der Waals surface area contributed by atoms with Gasteiger partial charge in [0.2, 0.25) is 5.91 Å². The van der Waals surface area contributed by atoms with E-state index < -0.39 is 0 Å². The number of benzene rings is 2. The highest BCUT2D eigenvalue weighted by Crippen LogP contribution is 2.30. The first kappa shape index (κ1) is 17.3. The maximum Gasteiger partial charge on any atom is 0.282 e. The summed E-state index contributed by atoms with van der Waals surface area (Å²) in [6.07, 6.45) is 2.12. The highest BCUT2D eigenvalue weighted by atomic mass is 32.1. The van der Waals surface area contributed by atoms with E-state index >= 15 is 0 Å². The predicted octanol–water partition coefficient (Wildman–Crippen LogP) is 2.00. The fraction of sp³-hybridized carbons (Fsp3) is 0.286. The van der Waals surface area contributed by atoms with Gasteiger partial charge in [0.15, 0.2) is 11.6 Å². The third kappa shape index (κ3) is 3.06. The molecule has 2 aromatic carbocycles. The maximum atomic E-state index is 13.1. The molecular formula is C21H21N4O2S+. The number of fused-ring (bicyclic) bond motifs is 2. The van der Waals surface area contributed by atoms with Crippen molar-refractivity contribution >= 4 is 44.7 Å². The van der Waals surface area contributed by atoms with E-state index in [-0.39, 0.29) is 24.4 Å². The van der Waals surface area contributed by atoms with Gasteiger partial charge in [-0.1, -0.05) is 24.3 Å². The Morgan fingerprint density at radius 3 is 2.93 bits per heavy atom. The van der Waals surface area contributed by atoms with Crippen LogP contribution < -0.4 is 15.1 Å². The van der Waals surface area contributed by atoms with Crippen LogP contribution in [-0.4, -0.2) is 36.4 Å². The number of likely N-dealkylation sites (tertiary alicyclic amines) is 1. The first-order valence-corrected chi connectivity index (χ1v) is 10.4. The van der Waals surface area contributed by atoms with E-state index in [0.717, 1.165) is 35.6 Å². The fourth-order valence-corrected chi connectivity index (χ4v) is 5.37. The Hall–Kier alpha value is -2.77. The van der Waals surface area contributed by atoms with Gasteiger partial charge >= 0.3 is 0 Å². The standard InChI is InChI=1S/C21H20N4O2S/c26-19-12-25(16-8-3-1-6-14(16)22-19)20(27)13-24-11-5-9-17(24)21-23-15-7-2-4-10-18(15)28-21/h1-4,6-8,10,17H,5,9,11-13H2,(H,22,26)/p+1/t17-/m0/s1. The first-order chi connectivity index (χ1) is 13.7. The number of aromatic nitrogens is 1. The molecule has 2 aliphatic rings. The van der Waals surface area contributed by atoms with Crippen molar-refractivity contribution in [2.45, 2.75) is 18.9 Å². The van der Waals surface area contributed by atoms with Crippen molar-refractivity contribution < 1.29 is 14.5 Å². The van der Waals surface area contributed by atoms with Crippen molar-refractivity contribution in [2.24, 2.45) is 0 Å². The number of hydrogen-bond acceptors (Lipinski definition) is 4. The molecule has 0 aliphatic carbocycles. The molecule has 28 heavy (non-hydrogen) atoms. The smallest absolute Gasteiger partial charge is 0.282 e. The number of quaternary nitrogens is 1. The molecule has 7 heteroatoms. The van der Waals surface area contributed by atoms with Crippen molar-refractivity contribution in [3.63, 3.8) is 0 Å². The van der Waals surface area contributed by atoms with Crippen LogP contribution in [0.4, 0.5) is 11.4 Å². The third-order valence-electron chi connectivity index (χ3n) is 5.54. The van der Waals surface area contributed by atoms with Crippen LogP contribution in [0.3, 0.4) is 0 Å². The van der Waals surface area contributed by atoms with Gasteiger partial charge in [-0.3, -0.25) is 14.5 Å². The molecule has 2 N–H and O–H groups in total. The second-order valence-corrected chi connectivity index (χ2v) is 8.41. The maximum absolute atomic E-state index is 13.1. The quantitative estimate of drug-likeness (QED) is 0.715. The summed E-state index contributed by atoms with van der Waals surface area (Å²) < 4.78 is 1.19. The van der Waals surface area contributed by atoms with Gasteiger partial charge in [0, 0.05) is 12.8 Å². The highest BCUT2D eigenvalue weighted by molar-refractivity contribution is 7.18. The number of thiazole rings is 1. The Balaban J connectivity index is 1.38. The summed E-state index contributed by atoms with van der Waals surface area (Å²) in [5.41, 5.74) is 2.51. The number of para-hydroxylation sites is 3. The van der Waals surface area contributed by atoms with Crippen LogP contribution in [0.1, 0.15) is 23.9 Å². The molecule has 2 aliphatic heterocycles. The average molecular weight is 393 g/mol. The van der Waals surface area contributed by atoms with Crippen LogP contribution in [0.25, 0.3) is 10.2 Å². The van der Waals surface area contributed by atoms with Crippen LogP contribution in [0.2, 0.25) is 0 Å². The van der Waals surface area contributed by atoms with Crippen molar-refractivity contribution in [1.29, 1.82) is 0 Å². The van der Waals surface area contributed by atoms with Crippen molar-refractivity contribution in [1.82, 2.24) is 4.98 Å². The molecule has 0 radical (unpaired) electrons. The Kier molecular flexibility index (Phi) is 4.33. The molecular weight excluding hydrogens is 372 g/mol. The monoisotopic (exact) mass is 393 g/mol. The molecule has 2 atom stereocenters. The van der Waals surface area contributed by atoms with E-state index in [0.29, 0.717) is 12.2 Å². The Morgan fingerprint density at radius 2 is 2.04 bits per heavy atom. The topological polar surface area (TPSA) is 66.7 Å². The second-order valence-electron chi connectivity index (χ2n) is 7.34. The molecule has 0 bridgehead atoms. The minimum Gasteiger partial charge on any atom is -0.323 e. The average Bonchev–Trinajstić information content (AvgIpc) is 3.33. The van der Waals surface area contributed by atoms with Crippen molar-refractivity contribution in [3.8, 4) is 0 Å². The number of nitrogens with zero attached hydrogens (tertiary/aromatic N) is 2. The van der Waals surface area contributed by atoms with Crippen LogP contribution in [-0.2, 0) is 9.59 Å². The zero-order valence-electron chi connectivity index (χ0n) is 15.4. The predicted molar refractivity (Wildman–Crippen MR) is 110 cm³/mol. The lowest BCUT2D eigenvalue weighted by molar-refractivity contribution is -0.910. The molecule has 0 saturated carbocycles. The van der Waals surface area contributed by atoms with Crippen molar-refractivity contribution in [3.05, 3.63) is 53.5 Å². The van der Waals surface area contributed by atoms with E-state index in [1.807, 2.05) is 42.5 Å². The summed E-state index contributed by atoms with van der Waals surface area (Å²) in [5, 5.41) is 3.95. The lowest BCUT2D eigenvalue weighted by atomic mass is 10.2. The fourth-order valence-electron chi connectivity index (χ4n) is 4.21. The van der Waals surface area contributed by atoms with Crippen LogP contribution in [0.15, 0.2) is 48.5 Å². The van der Waals surface area contributed by atoms with E-state index in [1.54, 1.807) is 16.2 Å². The van der Waals surface area contributed by atoms with Gasteiger partial charge in [-0.05, 0) is 24.3 Å². The van der Waals surface area contributed by atoms with E-state index in [9.17, 15) is 9.59 Å². The van der Waals surface area contributed by atoms with Crippen LogP contribution in [0.5, 0.6) is 0 Å². The zero-order chi connectivity index (χ0) is 19.1. The van der Waals surface area contributed by atoms with Gasteiger partial charge in [0.1, 0.15) is 12.6 Å². The highest BCUT2D eigenvalue weighted by Gasteiger charge is 2.36. The number of nitrogens with one attached hydrogen (secondary N) is 2. The molecule has 3 heterocycles. The van der Waals surface area contributed by atoms with Crippen LogP contribution >= 0.6 is 11.3 Å². The lowest BCUT2D eigenvalue weighted by Gasteiger charge is -2.30. The van der Waals surface area contributed by atoms with Gasteiger partial charge in [-0.15, -0.1) is 11.3 Å². The SMILES string of the molecule is O=C1CN(C(=O)C[NH+]2CCC[C@H]2c2nc3ccccc3s2)c2ccccc2N1. The lowest BCUT2D eigenvalue weighted by Crippen LogP contribution is -3.11. The Labute approximate surface area is 166 Å². The molecule has 1 aromatic heterocycles. The number of carbonyl (C=O) groups excluding carboxylic acids is 2.